The van der Waals surface area contributed by atoms with Crippen LogP contribution in [0.2, 0.25) is 0 Å². The summed E-state index contributed by atoms with van der Waals surface area (Å²) in [7, 11) is 1.68. The molecule has 2 aliphatic heterocycles. The van der Waals surface area contributed by atoms with Gasteiger partial charge in [-0.05, 0) is 37.6 Å². The lowest BCUT2D eigenvalue weighted by molar-refractivity contribution is -0.126. The molecule has 6 nitrogen and oxygen atoms in total. The van der Waals surface area contributed by atoms with Crippen molar-refractivity contribution < 1.29 is 14.0 Å². The van der Waals surface area contributed by atoms with Gasteiger partial charge < -0.3 is 14.2 Å². The second-order valence-electron chi connectivity index (χ2n) is 8.99. The molecule has 6 rings (SSSR count). The van der Waals surface area contributed by atoms with E-state index in [-0.39, 0.29) is 22.7 Å². The maximum Gasteiger partial charge on any atom is 0.292 e. The third-order valence-corrected chi connectivity index (χ3v) is 7.12. The highest BCUT2D eigenvalue weighted by Crippen LogP contribution is 2.54. The van der Waals surface area contributed by atoms with Gasteiger partial charge in [0, 0.05) is 18.3 Å². The number of carbonyl (C=O) groups excluding carboxylic acids is 2. The first-order chi connectivity index (χ1) is 16.4. The molecule has 1 spiro atoms. The predicted molar refractivity (Wildman–Crippen MR) is 129 cm³/mol. The zero-order valence-electron chi connectivity index (χ0n) is 19.0. The molecule has 0 saturated carbocycles. The minimum atomic E-state index is -1.61. The van der Waals surface area contributed by atoms with Crippen LogP contribution in [0.4, 0.5) is 5.69 Å². The SMILES string of the molecule is Cc1ccc2oc3c(c(=O)c2c1)C1(C(=O)N(C)c2ccccc21)N(C(C)c1ccccc1)C3=O. The molecule has 2 unspecified atom stereocenters. The molecule has 2 amide bonds. The van der Waals surface area contributed by atoms with Gasteiger partial charge in [-0.3, -0.25) is 14.4 Å². The van der Waals surface area contributed by atoms with Crippen molar-refractivity contribution in [3.63, 3.8) is 0 Å². The summed E-state index contributed by atoms with van der Waals surface area (Å²) in [6.45, 7) is 3.77. The first-order valence-electron chi connectivity index (χ1n) is 11.2. The number of benzene rings is 3. The zero-order chi connectivity index (χ0) is 23.8. The molecular weight excluding hydrogens is 428 g/mol. The van der Waals surface area contributed by atoms with Crippen molar-refractivity contribution in [2.24, 2.45) is 0 Å². The van der Waals surface area contributed by atoms with Crippen molar-refractivity contribution in [3.05, 3.63) is 111 Å². The van der Waals surface area contributed by atoms with Gasteiger partial charge in [0.1, 0.15) is 5.58 Å². The highest BCUT2D eigenvalue weighted by atomic mass is 16.3. The fraction of sp³-hybridized carbons (Fsp3) is 0.179. The number of hydrogen-bond acceptors (Lipinski definition) is 4. The van der Waals surface area contributed by atoms with Crippen LogP contribution in [0.25, 0.3) is 11.0 Å². The van der Waals surface area contributed by atoms with Gasteiger partial charge in [-0.25, -0.2) is 0 Å². The van der Waals surface area contributed by atoms with E-state index in [1.807, 2.05) is 74.5 Å². The highest BCUT2D eigenvalue weighted by Gasteiger charge is 2.65. The number of para-hydroxylation sites is 1. The summed E-state index contributed by atoms with van der Waals surface area (Å²) in [5, 5.41) is 0.361. The molecule has 3 heterocycles. The number of nitrogens with zero attached hydrogens (tertiary/aromatic N) is 2. The third kappa shape index (κ3) is 2.37. The monoisotopic (exact) mass is 450 g/mol. The Kier molecular flexibility index (Phi) is 4.15. The molecule has 2 aliphatic rings. The number of anilines is 1. The standard InChI is InChI=1S/C28H22N2O4/c1-16-13-14-22-19(15-16)24(31)23-25(34-22)26(32)30(17(2)18-9-5-4-6-10-18)28(23)20-11-7-8-12-21(20)29(3)27(28)33/h4-15,17H,1-3H3. The largest absolute Gasteiger partial charge is 0.450 e. The number of rotatable bonds is 2. The molecular formula is C28H22N2O4. The molecule has 0 radical (unpaired) electrons. The van der Waals surface area contributed by atoms with Crippen molar-refractivity contribution in [1.29, 1.82) is 0 Å². The Labute approximate surface area is 196 Å². The number of likely N-dealkylation sites (N-methyl/N-ethyl adjacent to an activating group) is 1. The van der Waals surface area contributed by atoms with Crippen molar-refractivity contribution >= 4 is 28.5 Å². The van der Waals surface area contributed by atoms with Crippen molar-refractivity contribution in [1.82, 2.24) is 4.90 Å². The number of fused-ring (bicyclic) bond motifs is 5. The van der Waals surface area contributed by atoms with Crippen LogP contribution >= 0.6 is 0 Å². The van der Waals surface area contributed by atoms with E-state index < -0.39 is 17.5 Å². The smallest absolute Gasteiger partial charge is 0.292 e. The van der Waals surface area contributed by atoms with E-state index in [4.69, 9.17) is 4.42 Å². The summed E-state index contributed by atoms with van der Waals surface area (Å²) >= 11 is 0. The first-order valence-corrected chi connectivity index (χ1v) is 11.2. The van der Waals surface area contributed by atoms with Crippen LogP contribution in [0, 0.1) is 6.92 Å². The van der Waals surface area contributed by atoms with E-state index >= 15 is 0 Å². The Balaban J connectivity index is 1.76. The van der Waals surface area contributed by atoms with Gasteiger partial charge >= 0.3 is 0 Å². The molecule has 168 valence electrons. The van der Waals surface area contributed by atoms with E-state index in [0.717, 1.165) is 11.1 Å². The second kappa shape index (κ2) is 6.90. The number of hydrogen-bond donors (Lipinski definition) is 0. The quantitative estimate of drug-likeness (QED) is 0.450. The molecule has 3 aromatic carbocycles. The molecule has 34 heavy (non-hydrogen) atoms. The van der Waals surface area contributed by atoms with Gasteiger partial charge in [-0.15, -0.1) is 0 Å². The Morgan fingerprint density at radius 3 is 2.38 bits per heavy atom. The van der Waals surface area contributed by atoms with E-state index in [0.29, 0.717) is 22.2 Å². The van der Waals surface area contributed by atoms with Gasteiger partial charge in [0.15, 0.2) is 11.0 Å². The van der Waals surface area contributed by atoms with Gasteiger partial charge in [0.2, 0.25) is 5.76 Å². The topological polar surface area (TPSA) is 70.8 Å². The maximum atomic E-state index is 14.1. The molecule has 0 fully saturated rings. The summed E-state index contributed by atoms with van der Waals surface area (Å²) in [6.07, 6.45) is 0. The van der Waals surface area contributed by atoms with Crippen LogP contribution in [0.15, 0.2) is 82.0 Å². The highest BCUT2D eigenvalue weighted by molar-refractivity contribution is 6.17. The van der Waals surface area contributed by atoms with Crippen LogP contribution in [0.5, 0.6) is 0 Å². The molecule has 0 saturated heterocycles. The molecule has 0 bridgehead atoms. The zero-order valence-corrected chi connectivity index (χ0v) is 19.0. The average molecular weight is 450 g/mol. The number of carbonyl (C=O) groups is 2. The molecule has 6 heteroatoms. The second-order valence-corrected chi connectivity index (χ2v) is 8.99. The third-order valence-electron chi connectivity index (χ3n) is 7.12. The van der Waals surface area contributed by atoms with Crippen LogP contribution in [0.1, 0.15) is 45.8 Å². The Bertz CT molecular complexity index is 1570. The minimum absolute atomic E-state index is 0.0670. The van der Waals surface area contributed by atoms with Crippen molar-refractivity contribution in [3.8, 4) is 0 Å². The maximum absolute atomic E-state index is 14.1. The number of amides is 2. The molecule has 0 aliphatic carbocycles. The fourth-order valence-electron chi connectivity index (χ4n) is 5.53. The number of aryl methyl sites for hydroxylation is 1. The molecule has 4 aromatic rings. The Morgan fingerprint density at radius 2 is 1.62 bits per heavy atom. The normalized spacial score (nSPS) is 19.7. The predicted octanol–water partition coefficient (Wildman–Crippen LogP) is 4.54. The van der Waals surface area contributed by atoms with E-state index in [1.54, 1.807) is 19.2 Å². The van der Waals surface area contributed by atoms with Gasteiger partial charge in [-0.1, -0.05) is 60.2 Å². The minimum Gasteiger partial charge on any atom is -0.450 e. The first kappa shape index (κ1) is 20.4. The Morgan fingerprint density at radius 1 is 0.912 bits per heavy atom. The van der Waals surface area contributed by atoms with Gasteiger partial charge in [0.25, 0.3) is 11.8 Å². The van der Waals surface area contributed by atoms with Crippen molar-refractivity contribution in [2.75, 3.05) is 11.9 Å². The summed E-state index contributed by atoms with van der Waals surface area (Å²) in [6, 6.07) is 21.6. The lowest BCUT2D eigenvalue weighted by Crippen LogP contribution is -2.53. The van der Waals surface area contributed by atoms with Crippen molar-refractivity contribution in [2.45, 2.75) is 25.4 Å². The van der Waals surface area contributed by atoms with Crippen LogP contribution in [-0.4, -0.2) is 23.8 Å². The molecule has 0 N–H and O–H groups in total. The van der Waals surface area contributed by atoms with E-state index in [2.05, 4.69) is 0 Å². The summed E-state index contributed by atoms with van der Waals surface area (Å²) in [5.41, 5.74) is 1.50. The fourth-order valence-corrected chi connectivity index (χ4v) is 5.53. The summed E-state index contributed by atoms with van der Waals surface area (Å²) in [4.78, 5) is 45.3. The van der Waals surface area contributed by atoms with E-state index in [1.165, 1.54) is 9.80 Å². The van der Waals surface area contributed by atoms with Crippen LogP contribution in [-0.2, 0) is 10.3 Å². The lowest BCUT2D eigenvalue weighted by Gasteiger charge is -2.38. The molecule has 1 aromatic heterocycles. The average Bonchev–Trinajstić information content (AvgIpc) is 3.24. The summed E-state index contributed by atoms with van der Waals surface area (Å²) in [5.74, 6) is -0.880. The van der Waals surface area contributed by atoms with Crippen LogP contribution in [0.3, 0.4) is 0 Å². The summed E-state index contributed by atoms with van der Waals surface area (Å²) < 4.78 is 6.09. The van der Waals surface area contributed by atoms with Gasteiger partial charge in [0.05, 0.1) is 17.0 Å². The molecule has 2 atom stereocenters. The lowest BCUT2D eigenvalue weighted by atomic mass is 9.82. The van der Waals surface area contributed by atoms with Gasteiger partial charge in [-0.2, -0.15) is 0 Å². The van der Waals surface area contributed by atoms with E-state index in [9.17, 15) is 14.4 Å². The Hall–Kier alpha value is -4.19. The van der Waals surface area contributed by atoms with Crippen LogP contribution < -0.4 is 10.3 Å².